The molecule has 0 spiro atoms. The summed E-state index contributed by atoms with van der Waals surface area (Å²) in [5, 5.41) is 10.8. The van der Waals surface area contributed by atoms with E-state index in [1.54, 1.807) is 0 Å². The second-order valence-corrected chi connectivity index (χ2v) is 8.10. The number of carbonyl (C=O) groups is 1. The molecule has 0 fully saturated rings. The minimum atomic E-state index is -5.21. The minimum Gasteiger partial charge on any atom is -0.399 e. The number of rotatable bonds is 4. The number of amides is 1. The van der Waals surface area contributed by atoms with E-state index in [1.165, 1.54) is 24.3 Å². The Labute approximate surface area is 157 Å². The van der Waals surface area contributed by atoms with Crippen molar-refractivity contribution in [2.75, 3.05) is 11.1 Å². The molecule has 0 aliphatic rings. The van der Waals surface area contributed by atoms with Gasteiger partial charge in [-0.05, 0) is 49.4 Å². The van der Waals surface area contributed by atoms with E-state index in [9.17, 15) is 31.5 Å². The predicted molar refractivity (Wildman–Crippen MR) is 93.1 cm³/mol. The van der Waals surface area contributed by atoms with Crippen molar-refractivity contribution in [3.05, 3.63) is 47.5 Å². The number of aliphatic hydroxyl groups is 1. The van der Waals surface area contributed by atoms with Gasteiger partial charge >= 0.3 is 6.18 Å². The highest BCUT2D eigenvalue weighted by molar-refractivity contribution is 7.91. The van der Waals surface area contributed by atoms with E-state index in [0.717, 1.165) is 18.2 Å². The third-order valence-corrected chi connectivity index (χ3v) is 5.76. The fourth-order valence-electron chi connectivity index (χ4n) is 1.92. The van der Waals surface area contributed by atoms with Crippen molar-refractivity contribution in [1.29, 1.82) is 0 Å². The quantitative estimate of drug-likeness (QED) is 0.656. The molecule has 0 heterocycles. The van der Waals surface area contributed by atoms with Crippen LogP contribution in [-0.2, 0) is 14.6 Å². The van der Waals surface area contributed by atoms with Gasteiger partial charge in [0.2, 0.25) is 15.4 Å². The van der Waals surface area contributed by atoms with Gasteiger partial charge in [-0.3, -0.25) is 4.79 Å². The molecule has 4 N–H and O–H groups in total. The average Bonchev–Trinajstić information content (AvgIpc) is 2.55. The number of nitrogens with two attached hydrogens (primary N) is 1. The second-order valence-electron chi connectivity index (χ2n) is 5.74. The topological polar surface area (TPSA) is 109 Å². The predicted octanol–water partition coefficient (Wildman–Crippen LogP) is 3.01. The highest BCUT2D eigenvalue weighted by Gasteiger charge is 2.55. The molecule has 1 atom stereocenters. The molecule has 2 rings (SSSR count). The van der Waals surface area contributed by atoms with Gasteiger partial charge in [0, 0.05) is 5.69 Å². The van der Waals surface area contributed by atoms with E-state index < -0.39 is 27.5 Å². The Morgan fingerprint density at radius 3 is 2.11 bits per heavy atom. The molecule has 1 amide bonds. The summed E-state index contributed by atoms with van der Waals surface area (Å²) in [7, 11) is -3.96. The summed E-state index contributed by atoms with van der Waals surface area (Å²) in [5.41, 5.74) is 1.93. The van der Waals surface area contributed by atoms with Gasteiger partial charge in [-0.2, -0.15) is 13.2 Å². The van der Waals surface area contributed by atoms with E-state index in [-0.39, 0.29) is 27.4 Å². The van der Waals surface area contributed by atoms with Gasteiger partial charge in [-0.1, -0.05) is 11.6 Å². The largest absolute Gasteiger partial charge is 0.426 e. The minimum absolute atomic E-state index is 0.0652. The summed E-state index contributed by atoms with van der Waals surface area (Å²) in [6.07, 6.45) is -5.21. The average molecular weight is 423 g/mol. The lowest BCUT2D eigenvalue weighted by Gasteiger charge is -2.25. The zero-order valence-corrected chi connectivity index (χ0v) is 15.3. The molecule has 27 heavy (non-hydrogen) atoms. The second kappa shape index (κ2) is 7.02. The third-order valence-electron chi connectivity index (χ3n) is 3.68. The van der Waals surface area contributed by atoms with Gasteiger partial charge in [0.05, 0.1) is 20.5 Å². The summed E-state index contributed by atoms with van der Waals surface area (Å²) in [6.45, 7) is 0.288. The molecule has 0 aromatic heterocycles. The number of nitrogen functional groups attached to an aromatic ring is 1. The molecular weight excluding hydrogens is 409 g/mol. The maximum atomic E-state index is 12.7. The lowest BCUT2D eigenvalue weighted by molar-refractivity contribution is -0.242. The van der Waals surface area contributed by atoms with Crippen molar-refractivity contribution in [2.45, 2.75) is 28.5 Å². The highest BCUT2D eigenvalue weighted by atomic mass is 35.5. The van der Waals surface area contributed by atoms with Crippen LogP contribution >= 0.6 is 11.6 Å². The first-order chi connectivity index (χ1) is 12.3. The van der Waals surface area contributed by atoms with Gasteiger partial charge in [0.25, 0.3) is 5.91 Å². The Balaban J connectivity index is 2.33. The molecule has 0 aliphatic heterocycles. The molecule has 11 heteroatoms. The van der Waals surface area contributed by atoms with Crippen molar-refractivity contribution in [1.82, 2.24) is 0 Å². The van der Waals surface area contributed by atoms with Crippen LogP contribution in [0.3, 0.4) is 0 Å². The molecule has 6 nitrogen and oxygen atoms in total. The van der Waals surface area contributed by atoms with Gasteiger partial charge < -0.3 is 16.2 Å². The van der Waals surface area contributed by atoms with Crippen LogP contribution in [0.2, 0.25) is 5.02 Å². The number of hydrogen-bond donors (Lipinski definition) is 3. The standard InChI is InChI=1S/C16H14ClF3N2O4S/c1-15(24,16(18,19)20)14(23)22-13-7-6-11(8-12(13)17)27(25,26)10-4-2-9(21)3-5-10/h2-8,24H,21H2,1H3,(H,22,23). The Morgan fingerprint density at radius 1 is 1.11 bits per heavy atom. The highest BCUT2D eigenvalue weighted by Crippen LogP contribution is 2.33. The monoisotopic (exact) mass is 422 g/mol. The molecule has 1 unspecified atom stereocenters. The molecule has 2 aromatic rings. The zero-order valence-electron chi connectivity index (χ0n) is 13.7. The number of halogens is 4. The zero-order chi connectivity index (χ0) is 20.6. The van der Waals surface area contributed by atoms with Crippen molar-refractivity contribution < 1.29 is 31.5 Å². The van der Waals surface area contributed by atoms with Gasteiger partial charge in [0.15, 0.2) is 0 Å². The molecule has 0 bridgehead atoms. The normalized spacial score (nSPS) is 14.4. The summed E-state index contributed by atoms with van der Waals surface area (Å²) in [6, 6.07) is 8.42. The van der Waals surface area contributed by atoms with Crippen LogP contribution in [0, 0.1) is 0 Å². The lowest BCUT2D eigenvalue weighted by atomic mass is 10.1. The van der Waals surface area contributed by atoms with E-state index in [2.05, 4.69) is 0 Å². The van der Waals surface area contributed by atoms with Crippen LogP contribution in [0.15, 0.2) is 52.3 Å². The Hall–Kier alpha value is -2.30. The van der Waals surface area contributed by atoms with Crippen molar-refractivity contribution in [2.24, 2.45) is 0 Å². The fourth-order valence-corrected chi connectivity index (χ4v) is 3.50. The molecule has 0 radical (unpaired) electrons. The lowest BCUT2D eigenvalue weighted by Crippen LogP contribution is -2.52. The Kier molecular flexibility index (Phi) is 5.46. The first kappa shape index (κ1) is 21.0. The van der Waals surface area contributed by atoms with Crippen LogP contribution in [0.1, 0.15) is 6.92 Å². The number of anilines is 2. The third kappa shape index (κ3) is 4.18. The van der Waals surface area contributed by atoms with Crippen LogP contribution in [-0.4, -0.2) is 31.2 Å². The molecule has 146 valence electrons. The number of benzene rings is 2. The first-order valence-corrected chi connectivity index (χ1v) is 9.13. The number of carbonyl (C=O) groups excluding carboxylic acids is 1. The summed E-state index contributed by atoms with van der Waals surface area (Å²) in [4.78, 5) is 11.4. The fraction of sp³-hybridized carbons (Fsp3) is 0.188. The molecule has 0 aliphatic carbocycles. The van der Waals surface area contributed by atoms with E-state index in [4.69, 9.17) is 17.3 Å². The summed E-state index contributed by atoms with van der Waals surface area (Å²) >= 11 is 5.89. The van der Waals surface area contributed by atoms with E-state index in [1.807, 2.05) is 5.32 Å². The number of nitrogens with one attached hydrogen (secondary N) is 1. The summed E-state index contributed by atoms with van der Waals surface area (Å²) in [5.74, 6) is -1.76. The molecule has 0 saturated carbocycles. The number of hydrogen-bond acceptors (Lipinski definition) is 5. The van der Waals surface area contributed by atoms with Crippen molar-refractivity contribution >= 4 is 38.7 Å². The van der Waals surface area contributed by atoms with Crippen molar-refractivity contribution in [3.8, 4) is 0 Å². The van der Waals surface area contributed by atoms with Gasteiger partial charge in [0.1, 0.15) is 0 Å². The molecule has 2 aromatic carbocycles. The van der Waals surface area contributed by atoms with Crippen molar-refractivity contribution in [3.63, 3.8) is 0 Å². The first-order valence-electron chi connectivity index (χ1n) is 7.27. The summed E-state index contributed by atoms with van der Waals surface area (Å²) < 4.78 is 63.2. The SMILES string of the molecule is CC(O)(C(=O)Nc1ccc(S(=O)(=O)c2ccc(N)cc2)cc1Cl)C(F)(F)F. The van der Waals surface area contributed by atoms with Crippen LogP contribution < -0.4 is 11.1 Å². The van der Waals surface area contributed by atoms with Gasteiger partial charge in [-0.25, -0.2) is 8.42 Å². The smallest absolute Gasteiger partial charge is 0.399 e. The number of alkyl halides is 3. The van der Waals surface area contributed by atoms with Gasteiger partial charge in [-0.15, -0.1) is 0 Å². The Morgan fingerprint density at radius 2 is 1.63 bits per heavy atom. The maximum Gasteiger partial charge on any atom is 0.426 e. The molecular formula is C16H14ClF3N2O4S. The van der Waals surface area contributed by atoms with E-state index >= 15 is 0 Å². The molecule has 0 saturated heterocycles. The Bertz CT molecular complexity index is 974. The van der Waals surface area contributed by atoms with Crippen LogP contribution in [0.25, 0.3) is 0 Å². The van der Waals surface area contributed by atoms with E-state index in [0.29, 0.717) is 5.69 Å². The number of sulfone groups is 1. The van der Waals surface area contributed by atoms with Crippen LogP contribution in [0.4, 0.5) is 24.5 Å². The van der Waals surface area contributed by atoms with Crippen LogP contribution in [0.5, 0.6) is 0 Å². The maximum absolute atomic E-state index is 12.7.